The predicted molar refractivity (Wildman–Crippen MR) is 127 cm³/mol. The molecule has 0 bridgehead atoms. The van der Waals surface area contributed by atoms with Crippen LogP contribution in [0.3, 0.4) is 0 Å². The molecule has 188 valence electrons. The van der Waals surface area contributed by atoms with E-state index in [1.54, 1.807) is 0 Å². The van der Waals surface area contributed by atoms with E-state index in [0.29, 0.717) is 24.2 Å². The molecule has 0 heterocycles. The fraction of sp³-hybridized carbons (Fsp3) is 0.769. The van der Waals surface area contributed by atoms with Crippen molar-refractivity contribution in [1.82, 2.24) is 5.32 Å². The molecule has 8 heteroatoms. The van der Waals surface area contributed by atoms with Gasteiger partial charge in [0.25, 0.3) is 0 Å². The van der Waals surface area contributed by atoms with Crippen LogP contribution in [0.25, 0.3) is 0 Å². The van der Waals surface area contributed by atoms with Crippen molar-refractivity contribution in [3.8, 4) is 0 Å². The molecule has 5 unspecified atom stereocenters. The first kappa shape index (κ1) is 25.3. The van der Waals surface area contributed by atoms with Crippen LogP contribution in [0.15, 0.2) is 11.6 Å². The summed E-state index contributed by atoms with van der Waals surface area (Å²) in [5, 5.41) is 13.2. The Labute approximate surface area is 206 Å². The first-order valence-electron chi connectivity index (χ1n) is 12.6. The normalized spacial score (nSPS) is 37.5. The van der Waals surface area contributed by atoms with Gasteiger partial charge in [-0.15, -0.1) is 0 Å². The Morgan fingerprint density at radius 3 is 2.59 bits per heavy atom. The highest BCUT2D eigenvalue weighted by Gasteiger charge is 2.59. The van der Waals surface area contributed by atoms with Crippen LogP contribution in [0.2, 0.25) is 0 Å². The van der Waals surface area contributed by atoms with E-state index in [1.165, 1.54) is 5.57 Å². The Balaban J connectivity index is 1.35. The van der Waals surface area contributed by atoms with Crippen LogP contribution in [-0.2, 0) is 23.9 Å². The third-order valence-corrected chi connectivity index (χ3v) is 9.87. The molecule has 0 aromatic heterocycles. The second-order valence-corrected chi connectivity index (χ2v) is 11.6. The molecule has 4 aliphatic carbocycles. The fourth-order valence-corrected chi connectivity index (χ4v) is 7.82. The standard InChI is InChI=1S/C26H37NO6S/c1-25-11-9-16(28)13-15(25)3-4-17-18-5-6-21(26(18,2)12-10-19(17)25)33-23(30)8-7-22(29)27-20(14-34)24(31)32/h13,17-21,34H,3-12,14H2,1-2H3,(H,27,29)(H,31,32)/p-1/t17?,18?,19?,20?,21?,25-,26-/m1/s1. The van der Waals surface area contributed by atoms with E-state index in [9.17, 15) is 24.3 Å². The molecule has 0 spiro atoms. The van der Waals surface area contributed by atoms with Crippen LogP contribution in [0.1, 0.15) is 78.1 Å². The van der Waals surface area contributed by atoms with Crippen molar-refractivity contribution in [3.05, 3.63) is 11.6 Å². The Morgan fingerprint density at radius 1 is 1.12 bits per heavy atom. The van der Waals surface area contributed by atoms with Gasteiger partial charge in [-0.1, -0.05) is 19.4 Å². The minimum absolute atomic E-state index is 0.0623. The summed E-state index contributed by atoms with van der Waals surface area (Å²) in [5.41, 5.74) is 1.41. The number of ether oxygens (including phenoxy) is 1. The van der Waals surface area contributed by atoms with Gasteiger partial charge in [0.05, 0.1) is 18.4 Å². The number of ketones is 1. The number of fused-ring (bicyclic) bond motifs is 5. The van der Waals surface area contributed by atoms with E-state index in [-0.39, 0.29) is 41.3 Å². The summed E-state index contributed by atoms with van der Waals surface area (Å²) in [5.74, 6) is -0.462. The quantitative estimate of drug-likeness (QED) is 0.419. The van der Waals surface area contributed by atoms with Crippen LogP contribution in [-0.4, -0.2) is 41.5 Å². The van der Waals surface area contributed by atoms with Crippen LogP contribution in [0.4, 0.5) is 0 Å². The molecule has 7 atom stereocenters. The predicted octanol–water partition coefficient (Wildman–Crippen LogP) is 2.37. The Morgan fingerprint density at radius 2 is 1.88 bits per heavy atom. The number of rotatable bonds is 7. The van der Waals surface area contributed by atoms with E-state index in [1.807, 2.05) is 6.08 Å². The van der Waals surface area contributed by atoms with Crippen LogP contribution < -0.4 is 10.4 Å². The van der Waals surface area contributed by atoms with Crippen molar-refractivity contribution in [2.24, 2.45) is 28.6 Å². The van der Waals surface area contributed by atoms with Gasteiger partial charge in [0.2, 0.25) is 5.91 Å². The number of hydrogen-bond acceptors (Lipinski definition) is 7. The van der Waals surface area contributed by atoms with Crippen molar-refractivity contribution >= 4 is 36.3 Å². The minimum atomic E-state index is -1.40. The maximum Gasteiger partial charge on any atom is 0.306 e. The molecule has 1 N–H and O–H groups in total. The average molecular weight is 491 g/mol. The van der Waals surface area contributed by atoms with Gasteiger partial charge in [0, 0.05) is 24.0 Å². The molecule has 0 radical (unpaired) electrons. The molecule has 0 aliphatic heterocycles. The Hall–Kier alpha value is -1.83. The molecular formula is C26H36NO6S-. The molecule has 1 amide bonds. The number of allylic oxidation sites excluding steroid dienone is 1. The van der Waals surface area contributed by atoms with Crippen LogP contribution >= 0.6 is 12.6 Å². The van der Waals surface area contributed by atoms with Gasteiger partial charge >= 0.3 is 5.97 Å². The maximum atomic E-state index is 12.6. The maximum absolute atomic E-state index is 12.6. The van der Waals surface area contributed by atoms with E-state index in [0.717, 1.165) is 44.9 Å². The smallest absolute Gasteiger partial charge is 0.306 e. The lowest BCUT2D eigenvalue weighted by atomic mass is 9.47. The van der Waals surface area contributed by atoms with Gasteiger partial charge in [-0.05, 0) is 74.2 Å². The molecule has 0 saturated heterocycles. The molecule has 3 fully saturated rings. The number of esters is 1. The summed E-state index contributed by atoms with van der Waals surface area (Å²) in [6.45, 7) is 4.63. The van der Waals surface area contributed by atoms with Crippen molar-refractivity contribution < 1.29 is 29.0 Å². The van der Waals surface area contributed by atoms with Gasteiger partial charge in [0.1, 0.15) is 6.10 Å². The molecule has 0 aromatic carbocycles. The number of amides is 1. The number of nitrogens with one attached hydrogen (secondary N) is 1. The SMILES string of the molecule is C[C@@]12CCC3C(CCC4=CC(=O)CC[C@]43C)C1CCC2OC(=O)CCC(=O)NC(CS)C(=O)[O-]. The highest BCUT2D eigenvalue weighted by atomic mass is 32.1. The van der Waals surface area contributed by atoms with Gasteiger partial charge in [-0.3, -0.25) is 14.4 Å². The zero-order valence-electron chi connectivity index (χ0n) is 20.1. The number of carbonyl (C=O) groups is 4. The molecule has 4 aliphatic rings. The molecule has 34 heavy (non-hydrogen) atoms. The van der Waals surface area contributed by atoms with Crippen LogP contribution in [0, 0.1) is 28.6 Å². The van der Waals surface area contributed by atoms with Crippen molar-refractivity contribution in [1.29, 1.82) is 0 Å². The molecule has 7 nitrogen and oxygen atoms in total. The van der Waals surface area contributed by atoms with Crippen molar-refractivity contribution in [2.75, 3.05) is 5.75 Å². The highest BCUT2D eigenvalue weighted by Crippen LogP contribution is 2.65. The van der Waals surface area contributed by atoms with E-state index < -0.39 is 23.9 Å². The largest absolute Gasteiger partial charge is 0.548 e. The summed E-state index contributed by atoms with van der Waals surface area (Å²) in [6.07, 6.45) is 9.24. The monoisotopic (exact) mass is 490 g/mol. The molecular weight excluding hydrogens is 454 g/mol. The minimum Gasteiger partial charge on any atom is -0.548 e. The van der Waals surface area contributed by atoms with E-state index >= 15 is 0 Å². The number of hydrogen-bond donors (Lipinski definition) is 2. The zero-order valence-corrected chi connectivity index (χ0v) is 21.0. The topological polar surface area (TPSA) is 113 Å². The van der Waals surface area contributed by atoms with Crippen molar-refractivity contribution in [3.63, 3.8) is 0 Å². The average Bonchev–Trinajstić information content (AvgIpc) is 3.12. The van der Waals surface area contributed by atoms with Gasteiger partial charge in [-0.2, -0.15) is 12.6 Å². The molecule has 4 rings (SSSR count). The lowest BCUT2D eigenvalue weighted by Gasteiger charge is -2.57. The first-order valence-corrected chi connectivity index (χ1v) is 13.3. The molecule has 3 saturated carbocycles. The number of carboxylic acid groups (broad SMARTS) is 1. The van der Waals surface area contributed by atoms with Gasteiger partial charge in [0.15, 0.2) is 5.78 Å². The summed E-state index contributed by atoms with van der Waals surface area (Å²) in [6, 6.07) is -1.17. The summed E-state index contributed by atoms with van der Waals surface area (Å²) in [4.78, 5) is 47.5. The van der Waals surface area contributed by atoms with E-state index in [2.05, 4.69) is 31.8 Å². The third kappa shape index (κ3) is 4.54. The van der Waals surface area contributed by atoms with Crippen molar-refractivity contribution in [2.45, 2.75) is 90.2 Å². The second-order valence-electron chi connectivity index (χ2n) is 11.2. The summed E-state index contributed by atoms with van der Waals surface area (Å²) in [7, 11) is 0. The number of carbonyl (C=O) groups excluding carboxylic acids is 4. The molecule has 0 aromatic rings. The third-order valence-electron chi connectivity index (χ3n) is 9.51. The Bertz CT molecular complexity index is 902. The van der Waals surface area contributed by atoms with E-state index in [4.69, 9.17) is 4.74 Å². The first-order chi connectivity index (χ1) is 16.1. The van der Waals surface area contributed by atoms with Crippen LogP contribution in [0.5, 0.6) is 0 Å². The summed E-state index contributed by atoms with van der Waals surface area (Å²) >= 11 is 3.89. The van der Waals surface area contributed by atoms with Gasteiger partial charge < -0.3 is 20.0 Å². The fourth-order valence-electron chi connectivity index (χ4n) is 7.58. The Kier molecular flexibility index (Phi) is 7.19. The lowest BCUT2D eigenvalue weighted by Crippen LogP contribution is -2.51. The highest BCUT2D eigenvalue weighted by molar-refractivity contribution is 7.80. The number of thiol groups is 1. The number of carboxylic acids is 1. The van der Waals surface area contributed by atoms with Gasteiger partial charge in [-0.25, -0.2) is 0 Å². The zero-order chi connectivity index (χ0) is 24.7. The summed E-state index contributed by atoms with van der Waals surface area (Å²) < 4.78 is 5.92. The number of aliphatic carboxylic acids is 1. The second kappa shape index (κ2) is 9.67. The lowest BCUT2D eigenvalue weighted by molar-refractivity contribution is -0.307.